The molecule has 5 nitrogen and oxygen atoms in total. The molecule has 2 unspecified atom stereocenters. The van der Waals surface area contributed by atoms with Crippen LogP contribution in [0.2, 0.25) is 5.02 Å². The fourth-order valence-electron chi connectivity index (χ4n) is 3.85. The highest BCUT2D eigenvalue weighted by Gasteiger charge is 2.44. The number of hydrogen-bond donors (Lipinski definition) is 2. The average Bonchev–Trinajstić information content (AvgIpc) is 3.33. The van der Waals surface area contributed by atoms with Crippen LogP contribution in [-0.4, -0.2) is 33.2 Å². The second-order valence-electron chi connectivity index (χ2n) is 7.26. The Morgan fingerprint density at radius 3 is 2.68 bits per heavy atom. The van der Waals surface area contributed by atoms with Crippen LogP contribution >= 0.6 is 11.6 Å². The Balaban J connectivity index is 1.53. The van der Waals surface area contributed by atoms with Crippen LogP contribution in [0.25, 0.3) is 0 Å². The van der Waals surface area contributed by atoms with E-state index in [0.717, 1.165) is 37.7 Å². The number of sulfonamides is 1. The normalized spacial score (nSPS) is 29.2. The number of rotatable bonds is 6. The first-order valence-corrected chi connectivity index (χ1v) is 11.1. The standard InChI is InChI=1S/C18H25ClN2O3S/c1-25(23,24)21-17-9-5-2-6-12(17)11-20-18(22)15-10-14(15)13-7-3-4-8-16(13)19/h3-4,7-8,12,14-15,17,21H,2,5-6,9-11H2,1H3,(H,20,22)/t12?,14-,15+,17?/m0/s1. The van der Waals surface area contributed by atoms with Crippen LogP contribution in [0.1, 0.15) is 43.6 Å². The SMILES string of the molecule is CS(=O)(=O)NC1CCCCC1CNC(=O)[C@@H]1C[C@H]1c1ccccc1Cl. The van der Waals surface area contributed by atoms with E-state index in [-0.39, 0.29) is 29.7 Å². The first kappa shape index (κ1) is 18.7. The molecule has 1 aromatic carbocycles. The van der Waals surface area contributed by atoms with Gasteiger partial charge in [-0.2, -0.15) is 0 Å². The van der Waals surface area contributed by atoms with E-state index in [9.17, 15) is 13.2 Å². The lowest BCUT2D eigenvalue weighted by molar-refractivity contribution is -0.122. The maximum Gasteiger partial charge on any atom is 0.223 e. The summed E-state index contributed by atoms with van der Waals surface area (Å²) in [5.41, 5.74) is 1.04. The van der Waals surface area contributed by atoms with Gasteiger partial charge in [-0.3, -0.25) is 4.79 Å². The predicted molar refractivity (Wildman–Crippen MR) is 99.0 cm³/mol. The number of carbonyl (C=O) groups excluding carboxylic acids is 1. The van der Waals surface area contributed by atoms with Crippen LogP contribution in [-0.2, 0) is 14.8 Å². The predicted octanol–water partition coefficient (Wildman–Crippen LogP) is 2.67. The highest BCUT2D eigenvalue weighted by Crippen LogP contribution is 2.49. The second-order valence-corrected chi connectivity index (χ2v) is 9.44. The zero-order chi connectivity index (χ0) is 18.0. The Morgan fingerprint density at radius 2 is 1.96 bits per heavy atom. The quantitative estimate of drug-likeness (QED) is 0.791. The summed E-state index contributed by atoms with van der Waals surface area (Å²) in [6.45, 7) is 0.526. The fraction of sp³-hybridized carbons (Fsp3) is 0.611. The van der Waals surface area contributed by atoms with Crippen LogP contribution in [0.3, 0.4) is 0 Å². The second kappa shape index (κ2) is 7.64. The van der Waals surface area contributed by atoms with Crippen molar-refractivity contribution in [3.05, 3.63) is 34.9 Å². The summed E-state index contributed by atoms with van der Waals surface area (Å²) >= 11 is 6.21. The molecule has 25 heavy (non-hydrogen) atoms. The Hall–Kier alpha value is -1.11. The molecule has 2 saturated carbocycles. The van der Waals surface area contributed by atoms with Crippen molar-refractivity contribution in [3.63, 3.8) is 0 Å². The van der Waals surface area contributed by atoms with Crippen molar-refractivity contribution in [2.45, 2.75) is 44.1 Å². The first-order chi connectivity index (χ1) is 11.8. The van der Waals surface area contributed by atoms with Crippen LogP contribution in [0.5, 0.6) is 0 Å². The lowest BCUT2D eigenvalue weighted by Crippen LogP contribution is -2.46. The van der Waals surface area contributed by atoms with E-state index in [1.165, 1.54) is 6.26 Å². The summed E-state index contributed by atoms with van der Waals surface area (Å²) in [7, 11) is -3.23. The third-order valence-corrected chi connectivity index (χ3v) is 6.32. The highest BCUT2D eigenvalue weighted by molar-refractivity contribution is 7.88. The molecule has 0 bridgehead atoms. The van der Waals surface area contributed by atoms with E-state index >= 15 is 0 Å². The van der Waals surface area contributed by atoms with Crippen molar-refractivity contribution in [1.29, 1.82) is 0 Å². The molecule has 138 valence electrons. The maximum absolute atomic E-state index is 12.4. The van der Waals surface area contributed by atoms with Gasteiger partial charge in [-0.1, -0.05) is 42.6 Å². The van der Waals surface area contributed by atoms with Crippen LogP contribution in [0.15, 0.2) is 24.3 Å². The largest absolute Gasteiger partial charge is 0.356 e. The first-order valence-electron chi connectivity index (χ1n) is 8.84. The van der Waals surface area contributed by atoms with Gasteiger partial charge >= 0.3 is 0 Å². The number of benzene rings is 1. The smallest absolute Gasteiger partial charge is 0.223 e. The molecule has 0 heterocycles. The van der Waals surface area contributed by atoms with Crippen molar-refractivity contribution < 1.29 is 13.2 Å². The molecule has 0 radical (unpaired) electrons. The molecule has 2 N–H and O–H groups in total. The van der Waals surface area contributed by atoms with Gasteiger partial charge in [-0.05, 0) is 42.7 Å². The molecule has 0 spiro atoms. The number of amides is 1. The van der Waals surface area contributed by atoms with E-state index in [1.807, 2.05) is 24.3 Å². The maximum atomic E-state index is 12.4. The fourth-order valence-corrected chi connectivity index (χ4v) is 4.99. The summed E-state index contributed by atoms with van der Waals surface area (Å²) in [6.07, 6.45) is 5.88. The summed E-state index contributed by atoms with van der Waals surface area (Å²) in [6, 6.07) is 7.59. The number of hydrogen-bond acceptors (Lipinski definition) is 3. The van der Waals surface area contributed by atoms with Gasteiger partial charge in [-0.25, -0.2) is 13.1 Å². The van der Waals surface area contributed by atoms with E-state index < -0.39 is 10.0 Å². The summed E-state index contributed by atoms with van der Waals surface area (Å²) in [4.78, 5) is 12.4. The monoisotopic (exact) mass is 384 g/mol. The van der Waals surface area contributed by atoms with E-state index in [1.54, 1.807) is 0 Å². The van der Waals surface area contributed by atoms with Crippen molar-refractivity contribution in [2.75, 3.05) is 12.8 Å². The average molecular weight is 385 g/mol. The molecule has 7 heteroatoms. The minimum absolute atomic E-state index is 0.0233. The highest BCUT2D eigenvalue weighted by atomic mass is 35.5. The topological polar surface area (TPSA) is 75.3 Å². The van der Waals surface area contributed by atoms with Crippen molar-refractivity contribution >= 4 is 27.5 Å². The van der Waals surface area contributed by atoms with Crippen LogP contribution in [0, 0.1) is 11.8 Å². The minimum Gasteiger partial charge on any atom is -0.356 e. The zero-order valence-corrected chi connectivity index (χ0v) is 15.9. The van der Waals surface area contributed by atoms with Crippen molar-refractivity contribution in [2.24, 2.45) is 11.8 Å². The van der Waals surface area contributed by atoms with Gasteiger partial charge in [0.05, 0.1) is 6.26 Å². The molecule has 3 rings (SSSR count). The lowest BCUT2D eigenvalue weighted by atomic mass is 9.85. The molecular formula is C18H25ClN2O3S. The zero-order valence-electron chi connectivity index (χ0n) is 14.4. The number of carbonyl (C=O) groups is 1. The molecule has 2 fully saturated rings. The van der Waals surface area contributed by atoms with Gasteiger partial charge in [0.1, 0.15) is 0 Å². The molecule has 0 aromatic heterocycles. The third-order valence-electron chi connectivity index (χ3n) is 5.24. The molecule has 1 amide bonds. The summed E-state index contributed by atoms with van der Waals surface area (Å²) in [5.74, 6) is 0.383. The Kier molecular flexibility index (Phi) is 5.71. The van der Waals surface area contributed by atoms with Crippen LogP contribution in [0.4, 0.5) is 0 Å². The van der Waals surface area contributed by atoms with Crippen molar-refractivity contribution in [3.8, 4) is 0 Å². The number of halogens is 1. The molecule has 2 aliphatic carbocycles. The molecular weight excluding hydrogens is 360 g/mol. The Morgan fingerprint density at radius 1 is 1.24 bits per heavy atom. The number of nitrogens with one attached hydrogen (secondary N) is 2. The van der Waals surface area contributed by atoms with Crippen molar-refractivity contribution in [1.82, 2.24) is 10.0 Å². The van der Waals surface area contributed by atoms with Gasteiger partial charge in [0.15, 0.2) is 0 Å². The van der Waals surface area contributed by atoms with E-state index in [0.29, 0.717) is 11.6 Å². The Labute approximate surface area is 154 Å². The molecule has 4 atom stereocenters. The van der Waals surface area contributed by atoms with Gasteiger partial charge in [0.2, 0.25) is 15.9 Å². The Bertz CT molecular complexity index is 738. The van der Waals surface area contributed by atoms with Crippen LogP contribution < -0.4 is 10.0 Å². The van der Waals surface area contributed by atoms with Gasteiger partial charge < -0.3 is 5.32 Å². The minimum atomic E-state index is -3.23. The van der Waals surface area contributed by atoms with E-state index in [2.05, 4.69) is 10.0 Å². The van der Waals surface area contributed by atoms with Gasteiger partial charge in [0, 0.05) is 23.5 Å². The van der Waals surface area contributed by atoms with Gasteiger partial charge in [-0.15, -0.1) is 0 Å². The molecule has 1 aromatic rings. The van der Waals surface area contributed by atoms with E-state index in [4.69, 9.17) is 11.6 Å². The lowest BCUT2D eigenvalue weighted by Gasteiger charge is -2.31. The molecule has 0 aliphatic heterocycles. The summed E-state index contributed by atoms with van der Waals surface area (Å²) < 4.78 is 25.8. The third kappa shape index (κ3) is 4.96. The molecule has 2 aliphatic rings. The molecule has 0 saturated heterocycles. The summed E-state index contributed by atoms with van der Waals surface area (Å²) in [5, 5.41) is 3.75. The van der Waals surface area contributed by atoms with Gasteiger partial charge in [0.25, 0.3) is 0 Å².